The van der Waals surface area contributed by atoms with Crippen LogP contribution in [0.1, 0.15) is 29.2 Å². The zero-order valence-electron chi connectivity index (χ0n) is 20.5. The highest BCUT2D eigenvalue weighted by Crippen LogP contribution is 2.34. The number of hydrogen-bond acceptors (Lipinski definition) is 6. The molecule has 0 spiro atoms. The molecule has 0 saturated carbocycles. The van der Waals surface area contributed by atoms with Crippen molar-refractivity contribution in [2.24, 2.45) is 15.7 Å². The van der Waals surface area contributed by atoms with Gasteiger partial charge in [-0.3, -0.25) is 0 Å². The molecule has 0 amide bonds. The lowest BCUT2D eigenvalue weighted by molar-refractivity contribution is 0.0680. The first-order chi connectivity index (χ1) is 17.0. The first-order valence-electron chi connectivity index (χ1n) is 11.8. The number of amidine groups is 1. The van der Waals surface area contributed by atoms with Gasteiger partial charge in [-0.25, -0.2) is 9.98 Å². The molecular weight excluding hydrogens is 434 g/mol. The van der Waals surface area contributed by atoms with E-state index in [2.05, 4.69) is 47.4 Å². The Bertz CT molecular complexity index is 1220. The van der Waals surface area contributed by atoms with Gasteiger partial charge in [0.15, 0.2) is 0 Å². The number of morpholine rings is 1. The van der Waals surface area contributed by atoms with Crippen molar-refractivity contribution in [1.29, 1.82) is 0 Å². The van der Waals surface area contributed by atoms with Gasteiger partial charge in [0.2, 0.25) is 6.29 Å². The van der Waals surface area contributed by atoms with Crippen molar-refractivity contribution in [2.75, 3.05) is 31.6 Å². The summed E-state index contributed by atoms with van der Waals surface area (Å²) in [7, 11) is 0. The number of nitrogens with two attached hydrogens (primary N) is 1. The van der Waals surface area contributed by atoms with Gasteiger partial charge in [-0.15, -0.1) is 0 Å². The second-order valence-corrected chi connectivity index (χ2v) is 8.67. The Hall–Kier alpha value is -3.90. The molecule has 2 aliphatic rings. The minimum atomic E-state index is -0.466. The molecule has 2 aliphatic heterocycles. The van der Waals surface area contributed by atoms with Crippen LogP contribution in [0.4, 0.5) is 5.69 Å². The number of anilines is 1. The Morgan fingerprint density at radius 3 is 2.63 bits per heavy atom. The summed E-state index contributed by atoms with van der Waals surface area (Å²) in [6.07, 6.45) is 6.99. The van der Waals surface area contributed by atoms with Gasteiger partial charge in [0.1, 0.15) is 5.84 Å². The topological polar surface area (TPSA) is 75.2 Å². The van der Waals surface area contributed by atoms with Crippen molar-refractivity contribution in [3.8, 4) is 0 Å². The normalized spacial score (nSPS) is 18.6. The molecule has 1 atom stereocenters. The third kappa shape index (κ3) is 5.61. The van der Waals surface area contributed by atoms with E-state index < -0.39 is 6.29 Å². The van der Waals surface area contributed by atoms with Crippen LogP contribution in [-0.2, 0) is 4.74 Å². The molecule has 0 bridgehead atoms. The minimum Gasteiger partial charge on any atom is -0.398 e. The first kappa shape index (κ1) is 24.2. The summed E-state index contributed by atoms with van der Waals surface area (Å²) in [5, 5.41) is 3.52. The van der Waals surface area contributed by atoms with Crippen LogP contribution < -0.4 is 11.1 Å². The predicted molar refractivity (Wildman–Crippen MR) is 148 cm³/mol. The lowest BCUT2D eigenvalue weighted by Crippen LogP contribution is -2.44. The van der Waals surface area contributed by atoms with Crippen molar-refractivity contribution in [3.05, 3.63) is 102 Å². The Morgan fingerprint density at radius 2 is 1.94 bits per heavy atom. The average molecular weight is 468 g/mol. The van der Waals surface area contributed by atoms with E-state index in [1.54, 1.807) is 6.21 Å². The molecule has 2 heterocycles. The van der Waals surface area contributed by atoms with Gasteiger partial charge in [0, 0.05) is 30.6 Å². The average Bonchev–Trinajstić information content (AvgIpc) is 2.88. The van der Waals surface area contributed by atoms with Crippen LogP contribution in [-0.4, -0.2) is 49.5 Å². The molecule has 1 saturated heterocycles. The lowest BCUT2D eigenvalue weighted by Gasteiger charge is -2.35. The molecule has 180 valence electrons. The van der Waals surface area contributed by atoms with Gasteiger partial charge in [-0.2, -0.15) is 0 Å². The number of allylic oxidation sites excluding steroid dienone is 5. The molecule has 2 aromatic carbocycles. The van der Waals surface area contributed by atoms with Gasteiger partial charge in [-0.05, 0) is 48.3 Å². The Balaban J connectivity index is 1.71. The molecule has 35 heavy (non-hydrogen) atoms. The Kier molecular flexibility index (Phi) is 7.63. The van der Waals surface area contributed by atoms with Crippen molar-refractivity contribution < 1.29 is 4.74 Å². The molecule has 0 aromatic heterocycles. The Morgan fingerprint density at radius 1 is 1.20 bits per heavy atom. The quantitative estimate of drug-likeness (QED) is 0.463. The fourth-order valence-electron chi connectivity index (χ4n) is 4.29. The number of aliphatic imine (C=N–C) groups is 2. The summed E-state index contributed by atoms with van der Waals surface area (Å²) in [5.41, 5.74) is 14.2. The van der Waals surface area contributed by atoms with Crippen LogP contribution in [0.15, 0.2) is 89.4 Å². The van der Waals surface area contributed by atoms with Crippen molar-refractivity contribution in [3.63, 3.8) is 0 Å². The summed E-state index contributed by atoms with van der Waals surface area (Å²) in [6, 6.07) is 14.1. The third-order valence-electron chi connectivity index (χ3n) is 6.06. The summed E-state index contributed by atoms with van der Waals surface area (Å²) in [4.78, 5) is 11.9. The van der Waals surface area contributed by atoms with Crippen molar-refractivity contribution in [1.82, 2.24) is 4.90 Å². The van der Waals surface area contributed by atoms with E-state index in [9.17, 15) is 0 Å². The van der Waals surface area contributed by atoms with Crippen LogP contribution in [0.2, 0.25) is 0 Å². The van der Waals surface area contributed by atoms with Crippen molar-refractivity contribution >= 4 is 29.0 Å². The van der Waals surface area contributed by atoms with Crippen LogP contribution in [0, 0.1) is 6.92 Å². The predicted octanol–water partition coefficient (Wildman–Crippen LogP) is 5.00. The number of rotatable bonds is 6. The standard InChI is InChI=1S/C29H33N5O/c1-5-22(19-20(2)3)24-11-12-25-27(21(24)4)32-29(33-28(25)34-15-17-35-18-16-34)31-14-13-26(30)23-9-7-6-8-10-23/h5-14,19,29,32H,1-2,15-18,30H2,3-4H3/b22-19+,26-13-,31-14+. The number of fused-ring (bicyclic) bond motifs is 1. The van der Waals surface area contributed by atoms with Crippen LogP contribution in [0.3, 0.4) is 0 Å². The van der Waals surface area contributed by atoms with Gasteiger partial charge in [0.25, 0.3) is 0 Å². The molecule has 6 nitrogen and oxygen atoms in total. The highest BCUT2D eigenvalue weighted by atomic mass is 16.5. The summed E-state index contributed by atoms with van der Waals surface area (Å²) >= 11 is 0. The zero-order chi connectivity index (χ0) is 24.8. The fraction of sp³-hybridized carbons (Fsp3) is 0.241. The Labute approximate surface area is 207 Å². The molecule has 2 aromatic rings. The van der Waals surface area contributed by atoms with E-state index in [1.807, 2.05) is 55.5 Å². The molecule has 4 rings (SSSR count). The molecule has 6 heteroatoms. The SMILES string of the molecule is C=C/C(=C\C(=C)C)c1ccc2c(c1C)NC(/N=C/C=C(\N)c1ccccc1)N=C2N1CCOCC1. The van der Waals surface area contributed by atoms with Gasteiger partial charge >= 0.3 is 0 Å². The van der Waals surface area contributed by atoms with E-state index >= 15 is 0 Å². The number of ether oxygens (including phenoxy) is 1. The maximum atomic E-state index is 6.23. The highest BCUT2D eigenvalue weighted by Gasteiger charge is 2.27. The van der Waals surface area contributed by atoms with Gasteiger partial charge < -0.3 is 20.7 Å². The number of nitrogens with one attached hydrogen (secondary N) is 1. The molecule has 0 radical (unpaired) electrons. The molecule has 1 fully saturated rings. The highest BCUT2D eigenvalue weighted by molar-refractivity contribution is 6.06. The largest absolute Gasteiger partial charge is 0.398 e. The summed E-state index contributed by atoms with van der Waals surface area (Å²) in [5.74, 6) is 0.933. The van der Waals surface area contributed by atoms with E-state index in [4.69, 9.17) is 15.5 Å². The lowest BCUT2D eigenvalue weighted by atomic mass is 9.93. The fourth-order valence-corrected chi connectivity index (χ4v) is 4.29. The van der Waals surface area contributed by atoms with Crippen LogP contribution >= 0.6 is 0 Å². The summed E-state index contributed by atoms with van der Waals surface area (Å²) < 4.78 is 5.57. The molecule has 1 unspecified atom stereocenters. The van der Waals surface area contributed by atoms with Gasteiger partial charge in [0.05, 0.1) is 18.9 Å². The summed E-state index contributed by atoms with van der Waals surface area (Å²) in [6.45, 7) is 15.1. The smallest absolute Gasteiger partial charge is 0.216 e. The molecule has 0 aliphatic carbocycles. The maximum Gasteiger partial charge on any atom is 0.216 e. The number of nitrogens with zero attached hydrogens (tertiary/aromatic N) is 3. The molecule has 3 N–H and O–H groups in total. The third-order valence-corrected chi connectivity index (χ3v) is 6.06. The van der Waals surface area contributed by atoms with Crippen molar-refractivity contribution in [2.45, 2.75) is 20.1 Å². The number of hydrogen-bond donors (Lipinski definition) is 2. The second-order valence-electron chi connectivity index (χ2n) is 8.67. The number of benzene rings is 2. The van der Waals surface area contributed by atoms with E-state index in [-0.39, 0.29) is 0 Å². The van der Waals surface area contributed by atoms with Crippen LogP contribution in [0.25, 0.3) is 11.3 Å². The van der Waals surface area contributed by atoms with E-state index in [1.165, 1.54) is 0 Å². The van der Waals surface area contributed by atoms with Crippen LogP contribution in [0.5, 0.6) is 0 Å². The van der Waals surface area contributed by atoms with E-state index in [0.717, 1.165) is 58.0 Å². The zero-order valence-corrected chi connectivity index (χ0v) is 20.5. The van der Waals surface area contributed by atoms with Gasteiger partial charge in [-0.1, -0.05) is 67.3 Å². The second kappa shape index (κ2) is 11.0. The maximum absolute atomic E-state index is 6.23. The van der Waals surface area contributed by atoms with E-state index in [0.29, 0.717) is 18.9 Å². The molecular formula is C29H33N5O. The monoisotopic (exact) mass is 467 g/mol. The first-order valence-corrected chi connectivity index (χ1v) is 11.8. The minimum absolute atomic E-state index is 0.466.